The van der Waals surface area contributed by atoms with Gasteiger partial charge in [-0.15, -0.1) is 0 Å². The van der Waals surface area contributed by atoms with Crippen LogP contribution >= 0.6 is 0 Å². The number of aryl methyl sites for hydroxylation is 1. The van der Waals surface area contributed by atoms with E-state index in [1.165, 1.54) is 17.8 Å². The van der Waals surface area contributed by atoms with E-state index in [9.17, 15) is 18.0 Å². The number of rotatable bonds is 4. The Hall–Kier alpha value is -3.28. The lowest BCUT2D eigenvalue weighted by atomic mass is 10.0. The fourth-order valence-electron chi connectivity index (χ4n) is 3.26. The Labute approximate surface area is 169 Å². The number of aromatic nitrogens is 5. The summed E-state index contributed by atoms with van der Waals surface area (Å²) in [5.41, 5.74) is -1.38. The van der Waals surface area contributed by atoms with Crippen molar-refractivity contribution in [2.24, 2.45) is 18.0 Å². The molecule has 0 aliphatic carbocycles. The maximum Gasteiger partial charge on any atom is 0.437 e. The third kappa shape index (κ3) is 4.17. The Balaban J connectivity index is 1.58. The lowest BCUT2D eigenvalue weighted by Crippen LogP contribution is -2.30. The molecule has 2 N–H and O–H groups in total. The summed E-state index contributed by atoms with van der Waals surface area (Å²) in [5, 5.41) is 13.0. The monoisotopic (exact) mass is 420 g/mol. The standard InChI is InChI=1S/C18H19F3N8O/c1-28-10-13(15(27-28)18(19,20)21)25-17(30)12-9-24-29-6-4-14(26-16(12)29)23-8-11-3-2-5-22-7-11/h4,6,8-11,22H,2-3,5,7H2,1H3,(H,25,30). The number of anilines is 1. The van der Waals surface area contributed by atoms with Gasteiger partial charge in [0.25, 0.3) is 5.91 Å². The van der Waals surface area contributed by atoms with Crippen LogP contribution in [0.5, 0.6) is 0 Å². The molecule has 1 fully saturated rings. The molecular formula is C18H19F3N8O. The smallest absolute Gasteiger partial charge is 0.319 e. The summed E-state index contributed by atoms with van der Waals surface area (Å²) >= 11 is 0. The predicted molar refractivity (Wildman–Crippen MR) is 103 cm³/mol. The molecule has 3 aromatic heterocycles. The van der Waals surface area contributed by atoms with Gasteiger partial charge in [0.2, 0.25) is 0 Å². The number of alkyl halides is 3. The zero-order chi connectivity index (χ0) is 21.3. The highest BCUT2D eigenvalue weighted by Crippen LogP contribution is 2.33. The number of nitrogens with one attached hydrogen (secondary N) is 2. The molecule has 0 spiro atoms. The Bertz CT molecular complexity index is 1090. The number of nitrogens with zero attached hydrogens (tertiary/aromatic N) is 6. The normalized spacial score (nSPS) is 17.7. The lowest BCUT2D eigenvalue weighted by molar-refractivity contribution is -0.140. The fraction of sp³-hybridized carbons (Fsp3) is 0.389. The second kappa shape index (κ2) is 7.86. The Morgan fingerprint density at radius 1 is 1.43 bits per heavy atom. The third-order valence-electron chi connectivity index (χ3n) is 4.70. The highest BCUT2D eigenvalue weighted by atomic mass is 19.4. The van der Waals surface area contributed by atoms with Gasteiger partial charge >= 0.3 is 6.18 Å². The van der Waals surface area contributed by atoms with E-state index in [0.29, 0.717) is 11.7 Å². The van der Waals surface area contributed by atoms with Crippen molar-refractivity contribution in [2.45, 2.75) is 19.0 Å². The second-order valence-corrected chi connectivity index (χ2v) is 7.01. The van der Waals surface area contributed by atoms with Gasteiger partial charge in [0.15, 0.2) is 17.2 Å². The first kappa shape index (κ1) is 20.0. The molecule has 1 aliphatic heterocycles. The Kier molecular flexibility index (Phi) is 5.24. The minimum atomic E-state index is -4.70. The van der Waals surface area contributed by atoms with E-state index in [2.05, 4.69) is 30.8 Å². The largest absolute Gasteiger partial charge is 0.437 e. The zero-order valence-corrected chi connectivity index (χ0v) is 16.0. The van der Waals surface area contributed by atoms with Gasteiger partial charge < -0.3 is 10.6 Å². The quantitative estimate of drug-likeness (QED) is 0.632. The molecule has 1 atom stereocenters. The number of fused-ring (bicyclic) bond motifs is 1. The van der Waals surface area contributed by atoms with Crippen LogP contribution in [-0.4, -0.2) is 49.6 Å². The number of carbonyl (C=O) groups excluding carboxylic acids is 1. The van der Waals surface area contributed by atoms with Gasteiger partial charge in [0.1, 0.15) is 5.56 Å². The molecule has 0 aromatic carbocycles. The summed E-state index contributed by atoms with van der Waals surface area (Å²) in [6.45, 7) is 1.84. The molecule has 1 unspecified atom stereocenters. The van der Waals surface area contributed by atoms with E-state index < -0.39 is 23.5 Å². The van der Waals surface area contributed by atoms with E-state index in [4.69, 9.17) is 0 Å². The number of carbonyl (C=O) groups is 1. The van der Waals surface area contributed by atoms with E-state index in [0.717, 1.165) is 36.8 Å². The molecular weight excluding hydrogens is 401 g/mol. The van der Waals surface area contributed by atoms with Crippen LogP contribution in [0.15, 0.2) is 29.6 Å². The number of piperidine rings is 1. The molecule has 9 nitrogen and oxygen atoms in total. The summed E-state index contributed by atoms with van der Waals surface area (Å²) in [6, 6.07) is 1.65. The van der Waals surface area contributed by atoms with Crippen molar-refractivity contribution >= 4 is 29.3 Å². The van der Waals surface area contributed by atoms with Crippen molar-refractivity contribution < 1.29 is 18.0 Å². The van der Waals surface area contributed by atoms with E-state index in [1.807, 2.05) is 6.21 Å². The van der Waals surface area contributed by atoms with Gasteiger partial charge in [-0.1, -0.05) is 0 Å². The molecule has 1 saturated heterocycles. The van der Waals surface area contributed by atoms with Gasteiger partial charge in [0.05, 0.1) is 11.9 Å². The van der Waals surface area contributed by atoms with Crippen LogP contribution in [0, 0.1) is 5.92 Å². The van der Waals surface area contributed by atoms with Crippen LogP contribution in [0.1, 0.15) is 28.9 Å². The van der Waals surface area contributed by atoms with Gasteiger partial charge in [-0.25, -0.2) is 14.5 Å². The first-order valence-corrected chi connectivity index (χ1v) is 9.33. The lowest BCUT2D eigenvalue weighted by Gasteiger charge is -2.18. The van der Waals surface area contributed by atoms with Gasteiger partial charge in [-0.2, -0.15) is 23.4 Å². The minimum Gasteiger partial charge on any atom is -0.319 e. The van der Waals surface area contributed by atoms with Gasteiger partial charge in [-0.3, -0.25) is 9.48 Å². The molecule has 30 heavy (non-hydrogen) atoms. The van der Waals surface area contributed by atoms with Crippen molar-refractivity contribution in [3.05, 3.63) is 35.9 Å². The molecule has 158 valence electrons. The number of hydrogen-bond donors (Lipinski definition) is 2. The van der Waals surface area contributed by atoms with Crippen LogP contribution in [0.2, 0.25) is 0 Å². The van der Waals surface area contributed by atoms with Crippen LogP contribution in [0.25, 0.3) is 5.65 Å². The maximum absolute atomic E-state index is 13.1. The van der Waals surface area contributed by atoms with Gasteiger partial charge in [0, 0.05) is 44.2 Å². The molecule has 12 heteroatoms. The Morgan fingerprint density at radius 3 is 3.00 bits per heavy atom. The zero-order valence-electron chi connectivity index (χ0n) is 16.0. The van der Waals surface area contributed by atoms with E-state index in [-0.39, 0.29) is 11.2 Å². The van der Waals surface area contributed by atoms with Crippen molar-refractivity contribution in [3.63, 3.8) is 0 Å². The Morgan fingerprint density at radius 2 is 2.27 bits per heavy atom. The highest BCUT2D eigenvalue weighted by Gasteiger charge is 2.37. The average Bonchev–Trinajstić information content (AvgIpc) is 3.30. The number of halogens is 3. The SMILES string of the molecule is Cn1cc(NC(=O)c2cnn3ccc(N=CC4CCCNC4)nc23)c(C(F)(F)F)n1. The molecule has 4 rings (SSSR count). The number of hydrogen-bond acceptors (Lipinski definition) is 6. The average molecular weight is 420 g/mol. The van der Waals surface area contributed by atoms with Crippen LogP contribution in [-0.2, 0) is 13.2 Å². The summed E-state index contributed by atoms with van der Waals surface area (Å²) in [7, 11) is 1.34. The van der Waals surface area contributed by atoms with E-state index in [1.54, 1.807) is 12.3 Å². The predicted octanol–water partition coefficient (Wildman–Crippen LogP) is 2.44. The molecule has 0 bridgehead atoms. The summed E-state index contributed by atoms with van der Waals surface area (Å²) in [5.74, 6) is -0.0792. The summed E-state index contributed by atoms with van der Waals surface area (Å²) in [6.07, 6.45) is 3.17. The van der Waals surface area contributed by atoms with Crippen LogP contribution < -0.4 is 10.6 Å². The van der Waals surface area contributed by atoms with Crippen molar-refractivity contribution in [2.75, 3.05) is 18.4 Å². The molecule has 0 radical (unpaired) electrons. The van der Waals surface area contributed by atoms with Crippen molar-refractivity contribution in [3.8, 4) is 0 Å². The molecule has 1 aliphatic rings. The number of amides is 1. The molecule has 4 heterocycles. The van der Waals surface area contributed by atoms with Crippen LogP contribution in [0.4, 0.5) is 24.7 Å². The van der Waals surface area contributed by atoms with E-state index >= 15 is 0 Å². The topological polar surface area (TPSA) is 102 Å². The third-order valence-corrected chi connectivity index (χ3v) is 4.70. The highest BCUT2D eigenvalue weighted by molar-refractivity contribution is 6.08. The molecule has 1 amide bonds. The molecule has 0 saturated carbocycles. The molecule has 3 aromatic rings. The second-order valence-electron chi connectivity index (χ2n) is 7.01. The fourth-order valence-corrected chi connectivity index (χ4v) is 3.26. The van der Waals surface area contributed by atoms with Gasteiger partial charge in [-0.05, 0) is 19.4 Å². The first-order valence-electron chi connectivity index (χ1n) is 9.33. The number of aliphatic imine (C=N–C) groups is 1. The van der Waals surface area contributed by atoms with Crippen molar-refractivity contribution in [1.82, 2.24) is 29.7 Å². The van der Waals surface area contributed by atoms with Crippen LogP contribution in [0.3, 0.4) is 0 Å². The first-order chi connectivity index (χ1) is 14.3. The summed E-state index contributed by atoms with van der Waals surface area (Å²) < 4.78 is 41.7. The van der Waals surface area contributed by atoms with Crippen molar-refractivity contribution in [1.29, 1.82) is 0 Å². The maximum atomic E-state index is 13.1. The summed E-state index contributed by atoms with van der Waals surface area (Å²) in [4.78, 5) is 21.4. The minimum absolute atomic E-state index is 0.0309.